The summed E-state index contributed by atoms with van der Waals surface area (Å²) in [5.41, 5.74) is 2.18. The number of likely N-dealkylation sites (N-methyl/N-ethyl adjacent to an activating group) is 1. The van der Waals surface area contributed by atoms with Gasteiger partial charge in [-0.2, -0.15) is 0 Å². The minimum atomic E-state index is -0.455. The molecule has 0 fully saturated rings. The maximum Gasteiger partial charge on any atom is 0.299 e. The Labute approximate surface area is 102 Å². The van der Waals surface area contributed by atoms with Crippen LogP contribution in [0.25, 0.3) is 10.4 Å². The van der Waals surface area contributed by atoms with Gasteiger partial charge in [-0.3, -0.25) is 9.59 Å². The maximum absolute atomic E-state index is 11.7. The van der Waals surface area contributed by atoms with Crippen molar-refractivity contribution in [2.45, 2.75) is 0 Å². The molecule has 0 radical (unpaired) electrons. The molecular formula is C13H9NO2S. The highest BCUT2D eigenvalue weighted by molar-refractivity contribution is 7.13. The van der Waals surface area contributed by atoms with Gasteiger partial charge in [-0.15, -0.1) is 11.3 Å². The molecule has 0 saturated carbocycles. The second-order valence-electron chi connectivity index (χ2n) is 3.90. The highest BCUT2D eigenvalue weighted by atomic mass is 32.1. The number of rotatable bonds is 1. The van der Waals surface area contributed by atoms with Crippen molar-refractivity contribution < 1.29 is 9.59 Å². The van der Waals surface area contributed by atoms with E-state index in [1.165, 1.54) is 4.90 Å². The van der Waals surface area contributed by atoms with Gasteiger partial charge < -0.3 is 4.90 Å². The number of ketones is 1. The van der Waals surface area contributed by atoms with Gasteiger partial charge in [-0.25, -0.2) is 0 Å². The smallest absolute Gasteiger partial charge is 0.299 e. The molecule has 0 atom stereocenters. The first-order chi connectivity index (χ1) is 8.18. The van der Waals surface area contributed by atoms with E-state index in [1.54, 1.807) is 24.5 Å². The molecule has 84 valence electrons. The molecule has 0 N–H and O–H groups in total. The zero-order valence-corrected chi connectivity index (χ0v) is 9.95. The van der Waals surface area contributed by atoms with E-state index in [0.29, 0.717) is 11.3 Å². The summed E-state index contributed by atoms with van der Waals surface area (Å²) < 4.78 is 0. The van der Waals surface area contributed by atoms with Gasteiger partial charge in [-0.05, 0) is 29.1 Å². The number of benzene rings is 1. The molecule has 1 aromatic heterocycles. The highest BCUT2D eigenvalue weighted by Gasteiger charge is 2.33. The Hall–Kier alpha value is -1.94. The lowest BCUT2D eigenvalue weighted by Crippen LogP contribution is -2.24. The number of carbonyl (C=O) groups excluding carboxylic acids is 2. The second-order valence-corrected chi connectivity index (χ2v) is 4.85. The molecular weight excluding hydrogens is 234 g/mol. The van der Waals surface area contributed by atoms with Crippen LogP contribution in [0.3, 0.4) is 0 Å². The first-order valence-electron chi connectivity index (χ1n) is 5.19. The molecule has 2 heterocycles. The zero-order chi connectivity index (χ0) is 12.0. The summed E-state index contributed by atoms with van der Waals surface area (Å²) in [7, 11) is 1.62. The van der Waals surface area contributed by atoms with Crippen molar-refractivity contribution in [3.8, 4) is 10.4 Å². The molecule has 1 aromatic carbocycles. The molecule has 0 aliphatic carbocycles. The Morgan fingerprint density at radius 1 is 1.18 bits per heavy atom. The van der Waals surface area contributed by atoms with Gasteiger partial charge in [0.2, 0.25) is 0 Å². The fraction of sp³-hybridized carbons (Fsp3) is 0.0769. The van der Waals surface area contributed by atoms with Gasteiger partial charge in [0, 0.05) is 11.9 Å². The average Bonchev–Trinajstić information content (AvgIpc) is 2.94. The van der Waals surface area contributed by atoms with Crippen molar-refractivity contribution in [1.82, 2.24) is 0 Å². The third-order valence-corrected chi connectivity index (χ3v) is 3.83. The molecule has 0 spiro atoms. The van der Waals surface area contributed by atoms with Crippen LogP contribution in [0.1, 0.15) is 10.4 Å². The summed E-state index contributed by atoms with van der Waals surface area (Å²) >= 11 is 1.61. The summed E-state index contributed by atoms with van der Waals surface area (Å²) in [5.74, 6) is -0.871. The molecule has 1 aliphatic rings. The Bertz CT molecular complexity index is 616. The first-order valence-corrected chi connectivity index (χ1v) is 6.07. The summed E-state index contributed by atoms with van der Waals surface area (Å²) in [4.78, 5) is 25.8. The van der Waals surface area contributed by atoms with Crippen LogP contribution in [-0.2, 0) is 4.79 Å². The van der Waals surface area contributed by atoms with E-state index in [0.717, 1.165) is 10.4 Å². The van der Waals surface area contributed by atoms with E-state index in [9.17, 15) is 9.59 Å². The monoisotopic (exact) mass is 243 g/mol. The molecule has 0 unspecified atom stereocenters. The van der Waals surface area contributed by atoms with Gasteiger partial charge in [0.1, 0.15) is 0 Å². The second kappa shape index (κ2) is 3.53. The van der Waals surface area contributed by atoms with Crippen molar-refractivity contribution in [3.05, 3.63) is 41.3 Å². The molecule has 0 saturated heterocycles. The van der Waals surface area contributed by atoms with Crippen LogP contribution < -0.4 is 4.90 Å². The Morgan fingerprint density at radius 2 is 2.00 bits per heavy atom. The fourth-order valence-electron chi connectivity index (χ4n) is 1.98. The summed E-state index contributed by atoms with van der Waals surface area (Å²) in [6, 6.07) is 9.52. The number of thiophene rings is 1. The number of nitrogens with zero attached hydrogens (tertiary/aromatic N) is 1. The quantitative estimate of drug-likeness (QED) is 0.722. The van der Waals surface area contributed by atoms with Gasteiger partial charge in [0.25, 0.3) is 11.7 Å². The van der Waals surface area contributed by atoms with Crippen LogP contribution in [0.15, 0.2) is 35.7 Å². The van der Waals surface area contributed by atoms with Gasteiger partial charge in [0.05, 0.1) is 11.3 Å². The van der Waals surface area contributed by atoms with Crippen LogP contribution in [0.2, 0.25) is 0 Å². The third kappa shape index (κ3) is 1.41. The van der Waals surface area contributed by atoms with Crippen LogP contribution >= 0.6 is 11.3 Å². The van der Waals surface area contributed by atoms with Crippen molar-refractivity contribution in [2.24, 2.45) is 0 Å². The molecule has 2 aromatic rings. The predicted molar refractivity (Wildman–Crippen MR) is 67.5 cm³/mol. The normalized spacial score (nSPS) is 14.3. The number of hydrogen-bond donors (Lipinski definition) is 0. The van der Waals surface area contributed by atoms with E-state index >= 15 is 0 Å². The van der Waals surface area contributed by atoms with E-state index in [2.05, 4.69) is 0 Å². The molecule has 1 amide bonds. The lowest BCUT2D eigenvalue weighted by atomic mass is 10.1. The van der Waals surface area contributed by atoms with Crippen LogP contribution in [0.5, 0.6) is 0 Å². The van der Waals surface area contributed by atoms with Crippen molar-refractivity contribution in [3.63, 3.8) is 0 Å². The molecule has 4 heteroatoms. The molecule has 17 heavy (non-hydrogen) atoms. The number of amides is 1. The van der Waals surface area contributed by atoms with E-state index in [1.807, 2.05) is 29.6 Å². The number of anilines is 1. The highest BCUT2D eigenvalue weighted by Crippen LogP contribution is 2.33. The van der Waals surface area contributed by atoms with E-state index in [-0.39, 0.29) is 0 Å². The minimum Gasteiger partial charge on any atom is -0.308 e. The first kappa shape index (κ1) is 10.2. The minimum absolute atomic E-state index is 0.416. The average molecular weight is 243 g/mol. The van der Waals surface area contributed by atoms with Crippen LogP contribution in [0.4, 0.5) is 5.69 Å². The maximum atomic E-state index is 11.7. The molecule has 1 aliphatic heterocycles. The Kier molecular flexibility index (Phi) is 2.12. The molecule has 3 rings (SSSR count). The summed E-state index contributed by atoms with van der Waals surface area (Å²) in [6.45, 7) is 0. The standard InChI is InChI=1S/C13H9NO2S/c1-14-10-5-4-8(11-3-2-6-17-11)7-9(10)12(15)13(14)16/h2-7H,1H3. The lowest BCUT2D eigenvalue weighted by molar-refractivity contribution is -0.114. The van der Waals surface area contributed by atoms with Gasteiger partial charge in [-0.1, -0.05) is 12.1 Å². The van der Waals surface area contributed by atoms with E-state index < -0.39 is 11.7 Å². The Balaban J connectivity index is 2.16. The largest absolute Gasteiger partial charge is 0.308 e. The summed E-state index contributed by atoms with van der Waals surface area (Å²) in [5, 5.41) is 1.99. The van der Waals surface area contributed by atoms with E-state index in [4.69, 9.17) is 0 Å². The molecule has 0 bridgehead atoms. The number of carbonyl (C=O) groups is 2. The molecule has 3 nitrogen and oxygen atoms in total. The van der Waals surface area contributed by atoms with Crippen molar-refractivity contribution in [1.29, 1.82) is 0 Å². The third-order valence-electron chi connectivity index (χ3n) is 2.91. The topological polar surface area (TPSA) is 37.4 Å². The number of fused-ring (bicyclic) bond motifs is 1. The van der Waals surface area contributed by atoms with Gasteiger partial charge in [0.15, 0.2) is 0 Å². The zero-order valence-electron chi connectivity index (χ0n) is 9.14. The van der Waals surface area contributed by atoms with Gasteiger partial charge >= 0.3 is 0 Å². The predicted octanol–water partition coefficient (Wildman–Crippen LogP) is 2.57. The Morgan fingerprint density at radius 3 is 2.71 bits per heavy atom. The van der Waals surface area contributed by atoms with Crippen molar-refractivity contribution in [2.75, 3.05) is 11.9 Å². The van der Waals surface area contributed by atoms with Crippen LogP contribution in [0, 0.1) is 0 Å². The fourth-order valence-corrected chi connectivity index (χ4v) is 2.71. The SMILES string of the molecule is CN1C(=O)C(=O)c2cc(-c3cccs3)ccc21. The number of Topliss-reactive ketones (excluding diaryl/α,β-unsaturated/α-hetero) is 1. The van der Waals surface area contributed by atoms with Crippen LogP contribution in [-0.4, -0.2) is 18.7 Å². The van der Waals surface area contributed by atoms with Crippen molar-refractivity contribution >= 4 is 28.7 Å². The summed E-state index contributed by atoms with van der Waals surface area (Å²) in [6.07, 6.45) is 0. The number of hydrogen-bond acceptors (Lipinski definition) is 3. The lowest BCUT2D eigenvalue weighted by Gasteiger charge is -2.08.